The lowest BCUT2D eigenvalue weighted by atomic mass is 10.1. The summed E-state index contributed by atoms with van der Waals surface area (Å²) in [6.45, 7) is 0.328. The fourth-order valence-electron chi connectivity index (χ4n) is 2.35. The summed E-state index contributed by atoms with van der Waals surface area (Å²) in [6.07, 6.45) is -0.294. The Morgan fingerprint density at radius 3 is 2.36 bits per heavy atom. The average Bonchev–Trinajstić information content (AvgIpc) is 3.01. The highest BCUT2D eigenvalue weighted by Gasteiger charge is 2.42. The van der Waals surface area contributed by atoms with Crippen LogP contribution in [-0.4, -0.2) is 29.8 Å². The van der Waals surface area contributed by atoms with E-state index in [2.05, 4.69) is 15.9 Å². The van der Waals surface area contributed by atoms with Crippen molar-refractivity contribution in [3.63, 3.8) is 0 Å². The molecule has 2 atom stereocenters. The van der Waals surface area contributed by atoms with Crippen LogP contribution in [0.2, 0.25) is 0 Å². The minimum absolute atomic E-state index is 0.0516. The summed E-state index contributed by atoms with van der Waals surface area (Å²) in [6, 6.07) is 17.2. The van der Waals surface area contributed by atoms with E-state index in [-0.39, 0.29) is 12.7 Å². The molecule has 3 rings (SSSR count). The van der Waals surface area contributed by atoms with Crippen LogP contribution >= 0.6 is 15.9 Å². The molecule has 4 nitrogen and oxygen atoms in total. The Morgan fingerprint density at radius 2 is 1.77 bits per heavy atom. The molecule has 1 aliphatic rings. The van der Waals surface area contributed by atoms with Crippen LogP contribution in [0, 0.1) is 0 Å². The third-order valence-electron chi connectivity index (χ3n) is 3.51. The number of aliphatic hydroxyl groups is 1. The Balaban J connectivity index is 1.76. The molecule has 0 radical (unpaired) electrons. The van der Waals surface area contributed by atoms with Gasteiger partial charge in [0.25, 0.3) is 0 Å². The highest BCUT2D eigenvalue weighted by Crippen LogP contribution is 2.37. The standard InChI is InChI=1S/C17H17BrO4/c18-12-17(20-11-16(10-19)22-17)13-6-8-15(9-7-13)21-14-4-2-1-3-5-14/h1-9,16,19H,10-12H2. The Morgan fingerprint density at radius 1 is 1.09 bits per heavy atom. The summed E-state index contributed by atoms with van der Waals surface area (Å²) in [7, 11) is 0. The number of halogens is 1. The van der Waals surface area contributed by atoms with Gasteiger partial charge in [-0.25, -0.2) is 0 Å². The Labute approximate surface area is 137 Å². The van der Waals surface area contributed by atoms with Gasteiger partial charge in [0, 0.05) is 5.56 Å². The molecule has 1 saturated heterocycles. The highest BCUT2D eigenvalue weighted by molar-refractivity contribution is 9.09. The molecule has 1 heterocycles. The second-order valence-electron chi connectivity index (χ2n) is 5.06. The first-order valence-corrected chi connectivity index (χ1v) is 8.20. The third kappa shape index (κ3) is 3.17. The van der Waals surface area contributed by atoms with Crippen molar-refractivity contribution < 1.29 is 19.3 Å². The van der Waals surface area contributed by atoms with E-state index >= 15 is 0 Å². The molecule has 1 N–H and O–H groups in total. The van der Waals surface area contributed by atoms with Crippen molar-refractivity contribution >= 4 is 15.9 Å². The zero-order valence-corrected chi connectivity index (χ0v) is 13.5. The first kappa shape index (κ1) is 15.5. The lowest BCUT2D eigenvalue weighted by Crippen LogP contribution is -2.30. The number of ether oxygens (including phenoxy) is 3. The molecule has 0 aliphatic carbocycles. The number of rotatable bonds is 5. The predicted molar refractivity (Wildman–Crippen MR) is 86.3 cm³/mol. The van der Waals surface area contributed by atoms with E-state index in [4.69, 9.17) is 14.2 Å². The molecule has 0 amide bonds. The van der Waals surface area contributed by atoms with Crippen molar-refractivity contribution in [2.45, 2.75) is 11.9 Å². The predicted octanol–water partition coefficient (Wildman–Crippen LogP) is 3.43. The quantitative estimate of drug-likeness (QED) is 0.825. The van der Waals surface area contributed by atoms with Gasteiger partial charge in [-0.1, -0.05) is 34.1 Å². The van der Waals surface area contributed by atoms with Gasteiger partial charge in [-0.3, -0.25) is 0 Å². The van der Waals surface area contributed by atoms with Gasteiger partial charge in [0.1, 0.15) is 17.6 Å². The van der Waals surface area contributed by atoms with Crippen molar-refractivity contribution in [3.8, 4) is 11.5 Å². The zero-order chi connectivity index (χ0) is 15.4. The van der Waals surface area contributed by atoms with E-state index in [9.17, 15) is 5.11 Å². The fourth-order valence-corrected chi connectivity index (χ4v) is 2.97. The summed E-state index contributed by atoms with van der Waals surface area (Å²) < 4.78 is 17.4. The minimum atomic E-state index is -0.849. The molecular weight excluding hydrogens is 348 g/mol. The summed E-state index contributed by atoms with van der Waals surface area (Å²) in [5.74, 6) is 0.689. The molecule has 0 aromatic heterocycles. The van der Waals surface area contributed by atoms with Crippen LogP contribution in [-0.2, 0) is 15.3 Å². The van der Waals surface area contributed by atoms with Crippen LogP contribution < -0.4 is 4.74 Å². The van der Waals surface area contributed by atoms with Crippen LogP contribution in [0.4, 0.5) is 0 Å². The van der Waals surface area contributed by atoms with Gasteiger partial charge >= 0.3 is 0 Å². The van der Waals surface area contributed by atoms with Gasteiger partial charge in [0.05, 0.1) is 18.5 Å². The van der Waals surface area contributed by atoms with E-state index in [1.54, 1.807) is 0 Å². The van der Waals surface area contributed by atoms with Crippen LogP contribution in [0.25, 0.3) is 0 Å². The van der Waals surface area contributed by atoms with Crippen molar-refractivity contribution in [2.24, 2.45) is 0 Å². The van der Waals surface area contributed by atoms with Crippen LogP contribution in [0.3, 0.4) is 0 Å². The second kappa shape index (κ2) is 6.79. The first-order valence-electron chi connectivity index (χ1n) is 7.08. The second-order valence-corrected chi connectivity index (χ2v) is 5.62. The van der Waals surface area contributed by atoms with Gasteiger partial charge < -0.3 is 19.3 Å². The number of hydrogen-bond donors (Lipinski definition) is 1. The van der Waals surface area contributed by atoms with Crippen molar-refractivity contribution in [1.29, 1.82) is 0 Å². The van der Waals surface area contributed by atoms with Gasteiger partial charge in [-0.05, 0) is 36.4 Å². The number of para-hydroxylation sites is 1. The summed E-state index contributed by atoms with van der Waals surface area (Å²) >= 11 is 3.44. The molecule has 0 bridgehead atoms. The topological polar surface area (TPSA) is 47.9 Å². The maximum atomic E-state index is 9.21. The number of hydrogen-bond acceptors (Lipinski definition) is 4. The van der Waals surface area contributed by atoms with E-state index in [1.165, 1.54) is 0 Å². The molecule has 2 unspecified atom stereocenters. The molecular formula is C17H17BrO4. The van der Waals surface area contributed by atoms with Gasteiger partial charge in [-0.2, -0.15) is 0 Å². The van der Waals surface area contributed by atoms with Crippen LogP contribution in [0.1, 0.15) is 5.56 Å². The largest absolute Gasteiger partial charge is 0.457 e. The maximum Gasteiger partial charge on any atom is 0.205 e. The zero-order valence-electron chi connectivity index (χ0n) is 11.9. The van der Waals surface area contributed by atoms with E-state index in [0.717, 1.165) is 17.1 Å². The lowest BCUT2D eigenvalue weighted by molar-refractivity contribution is -0.160. The molecule has 0 spiro atoms. The SMILES string of the molecule is OCC1COC(CBr)(c2ccc(Oc3ccccc3)cc2)O1. The Bertz CT molecular complexity index is 602. The average molecular weight is 365 g/mol. The van der Waals surface area contributed by atoms with E-state index in [0.29, 0.717) is 11.9 Å². The molecule has 116 valence electrons. The molecule has 5 heteroatoms. The molecule has 0 saturated carbocycles. The van der Waals surface area contributed by atoms with Crippen LogP contribution in [0.15, 0.2) is 54.6 Å². The van der Waals surface area contributed by atoms with Crippen molar-refractivity contribution in [2.75, 3.05) is 18.5 Å². The smallest absolute Gasteiger partial charge is 0.205 e. The normalized spacial score (nSPS) is 24.4. The molecule has 1 aliphatic heterocycles. The van der Waals surface area contributed by atoms with Gasteiger partial charge in [0.2, 0.25) is 5.79 Å². The van der Waals surface area contributed by atoms with Crippen molar-refractivity contribution in [1.82, 2.24) is 0 Å². The summed E-state index contributed by atoms with van der Waals surface area (Å²) in [5.41, 5.74) is 0.890. The van der Waals surface area contributed by atoms with Gasteiger partial charge in [-0.15, -0.1) is 0 Å². The van der Waals surface area contributed by atoms with E-state index < -0.39 is 5.79 Å². The maximum absolute atomic E-state index is 9.21. The lowest BCUT2D eigenvalue weighted by Gasteiger charge is -2.26. The fraction of sp³-hybridized carbons (Fsp3) is 0.294. The number of alkyl halides is 1. The number of aliphatic hydroxyl groups excluding tert-OH is 1. The molecule has 22 heavy (non-hydrogen) atoms. The molecule has 2 aromatic rings. The first-order chi connectivity index (χ1) is 10.8. The molecule has 2 aromatic carbocycles. The van der Waals surface area contributed by atoms with Crippen LogP contribution in [0.5, 0.6) is 11.5 Å². The van der Waals surface area contributed by atoms with Gasteiger partial charge in [0.15, 0.2) is 0 Å². The molecule has 1 fully saturated rings. The Kier molecular flexibility index (Phi) is 4.78. The summed E-state index contributed by atoms with van der Waals surface area (Å²) in [4.78, 5) is 0. The van der Waals surface area contributed by atoms with Crippen molar-refractivity contribution in [3.05, 3.63) is 60.2 Å². The van der Waals surface area contributed by atoms with E-state index in [1.807, 2.05) is 54.6 Å². The third-order valence-corrected chi connectivity index (χ3v) is 4.25. The monoisotopic (exact) mass is 364 g/mol. The highest BCUT2D eigenvalue weighted by atomic mass is 79.9. The number of benzene rings is 2. The minimum Gasteiger partial charge on any atom is -0.457 e. The summed E-state index contributed by atoms with van der Waals surface area (Å²) in [5, 5.41) is 9.70. The Hall–Kier alpha value is -1.40.